The molecule has 0 rings (SSSR count). The zero-order chi connectivity index (χ0) is 14.6. The smallest absolute Gasteiger partial charge is 0.0917 e. The highest BCUT2D eigenvalue weighted by Crippen LogP contribution is 1.99. The van der Waals surface area contributed by atoms with Crippen LogP contribution in [0.1, 0.15) is 34.1 Å². The Balaban J connectivity index is 0. The Morgan fingerprint density at radius 1 is 1.50 bits per heavy atom. The summed E-state index contributed by atoms with van der Waals surface area (Å²) in [5, 5.41) is 8.65. The first-order valence-electron chi connectivity index (χ1n) is 5.84. The van der Waals surface area contributed by atoms with Crippen molar-refractivity contribution >= 4 is 5.84 Å². The molecule has 0 saturated carbocycles. The summed E-state index contributed by atoms with van der Waals surface area (Å²) in [5.41, 5.74) is 5.39. The van der Waals surface area contributed by atoms with Crippen LogP contribution in [0.5, 0.6) is 0 Å². The van der Waals surface area contributed by atoms with Gasteiger partial charge in [-0.1, -0.05) is 6.08 Å². The number of rotatable bonds is 5. The molecule has 0 aromatic carbocycles. The van der Waals surface area contributed by atoms with Crippen LogP contribution in [0.2, 0.25) is 0 Å². The maximum atomic E-state index is 8.65. The summed E-state index contributed by atoms with van der Waals surface area (Å²) in [7, 11) is 1.64. The number of ether oxygens (including phenoxy) is 1. The third kappa shape index (κ3) is 14.3. The molecule has 104 valence electrons. The average Bonchev–Trinajstić information content (AvgIpc) is 2.28. The van der Waals surface area contributed by atoms with E-state index < -0.39 is 0 Å². The van der Waals surface area contributed by atoms with Gasteiger partial charge in [0.2, 0.25) is 0 Å². The van der Waals surface area contributed by atoms with Gasteiger partial charge in [-0.2, -0.15) is 0 Å². The number of hydrogen-bond acceptors (Lipinski definition) is 3. The molecular formula is C14H26N2O2. The van der Waals surface area contributed by atoms with Crippen LogP contribution < -0.4 is 5.73 Å². The normalized spacial score (nSPS) is 14.4. The quantitative estimate of drug-likeness (QED) is 0.342. The summed E-state index contributed by atoms with van der Waals surface area (Å²) in [6.45, 7) is 10.9. The largest absolute Gasteiger partial charge is 0.512 e. The molecule has 0 fully saturated rings. The molecule has 4 nitrogen and oxygen atoms in total. The molecule has 0 aliphatic heterocycles. The van der Waals surface area contributed by atoms with Crippen molar-refractivity contribution < 1.29 is 9.84 Å². The highest BCUT2D eigenvalue weighted by molar-refractivity contribution is 5.77. The van der Waals surface area contributed by atoms with E-state index in [1.165, 1.54) is 0 Å². The predicted octanol–water partition coefficient (Wildman–Crippen LogP) is 3.33. The van der Waals surface area contributed by atoms with Gasteiger partial charge in [0.15, 0.2) is 0 Å². The van der Waals surface area contributed by atoms with Crippen molar-refractivity contribution in [1.82, 2.24) is 0 Å². The third-order valence-electron chi connectivity index (χ3n) is 1.89. The van der Waals surface area contributed by atoms with Crippen LogP contribution in [-0.2, 0) is 4.74 Å². The van der Waals surface area contributed by atoms with Crippen molar-refractivity contribution in [2.24, 2.45) is 10.7 Å². The zero-order valence-corrected chi connectivity index (χ0v) is 12.1. The number of aliphatic imine (C=N–C) groups is 1. The number of amidine groups is 1. The van der Waals surface area contributed by atoms with Crippen LogP contribution in [0.3, 0.4) is 0 Å². The lowest BCUT2D eigenvalue weighted by Crippen LogP contribution is -2.09. The van der Waals surface area contributed by atoms with E-state index in [1.807, 2.05) is 19.9 Å². The number of aliphatic hydroxyl groups excluding tert-OH is 1. The van der Waals surface area contributed by atoms with Crippen LogP contribution in [-0.4, -0.2) is 24.1 Å². The Morgan fingerprint density at radius 2 is 2.06 bits per heavy atom. The van der Waals surface area contributed by atoms with Crippen molar-refractivity contribution in [3.63, 3.8) is 0 Å². The number of hydrogen-bond donors (Lipinski definition) is 2. The molecule has 0 aromatic rings. The molecule has 0 heterocycles. The lowest BCUT2D eigenvalue weighted by atomic mass is 10.3. The molecule has 0 aliphatic carbocycles. The summed E-state index contributed by atoms with van der Waals surface area (Å²) in [6.07, 6.45) is 5.81. The minimum Gasteiger partial charge on any atom is -0.512 e. The topological polar surface area (TPSA) is 67.8 Å². The second kappa shape index (κ2) is 11.8. The van der Waals surface area contributed by atoms with Gasteiger partial charge in [-0.15, -0.1) is 6.58 Å². The molecular weight excluding hydrogens is 228 g/mol. The van der Waals surface area contributed by atoms with Gasteiger partial charge in [0.25, 0.3) is 0 Å². The summed E-state index contributed by atoms with van der Waals surface area (Å²) in [5.74, 6) is 1.84. The molecule has 1 atom stereocenters. The molecule has 18 heavy (non-hydrogen) atoms. The van der Waals surface area contributed by atoms with E-state index in [9.17, 15) is 0 Å². The second-order valence-corrected chi connectivity index (χ2v) is 3.77. The van der Waals surface area contributed by atoms with Crippen molar-refractivity contribution in [3.05, 3.63) is 36.3 Å². The second-order valence-electron chi connectivity index (χ2n) is 3.77. The van der Waals surface area contributed by atoms with Crippen molar-refractivity contribution in [1.29, 1.82) is 0 Å². The first kappa shape index (κ1) is 18.6. The highest BCUT2D eigenvalue weighted by Gasteiger charge is 1.94. The summed E-state index contributed by atoms with van der Waals surface area (Å²) >= 11 is 0. The Kier molecular flexibility index (Phi) is 12.2. The first-order chi connectivity index (χ1) is 8.37. The van der Waals surface area contributed by atoms with Crippen LogP contribution in [0.25, 0.3) is 0 Å². The van der Waals surface area contributed by atoms with Gasteiger partial charge in [-0.3, -0.25) is 4.99 Å². The molecule has 0 aliphatic rings. The van der Waals surface area contributed by atoms with Gasteiger partial charge >= 0.3 is 0 Å². The molecule has 0 aromatic heterocycles. The van der Waals surface area contributed by atoms with E-state index in [2.05, 4.69) is 11.6 Å². The first-order valence-corrected chi connectivity index (χ1v) is 5.84. The monoisotopic (exact) mass is 254 g/mol. The van der Waals surface area contributed by atoms with Gasteiger partial charge in [0, 0.05) is 6.42 Å². The standard InChI is InChI=1S/C8H16N2O.C6H10O/c1-6(10-8(3)9)5-7(2)11-4;1-3-5-6(7)4-2/h5-6H,1-4H3,(H2,9,10);3-4,7H,1,5H2,2H3/b7-5+;6-4+. The van der Waals surface area contributed by atoms with Gasteiger partial charge in [-0.05, 0) is 39.8 Å². The molecule has 0 saturated heterocycles. The minimum absolute atomic E-state index is 0.0972. The van der Waals surface area contributed by atoms with Crippen molar-refractivity contribution in [2.45, 2.75) is 40.2 Å². The molecule has 3 N–H and O–H groups in total. The summed E-state index contributed by atoms with van der Waals surface area (Å²) in [6, 6.07) is 0.0972. The fourth-order valence-corrected chi connectivity index (χ4v) is 1.03. The number of allylic oxidation sites excluding steroid dienone is 3. The van der Waals surface area contributed by atoms with Crippen LogP contribution >= 0.6 is 0 Å². The summed E-state index contributed by atoms with van der Waals surface area (Å²) in [4.78, 5) is 4.10. The Bertz CT molecular complexity index is 314. The Morgan fingerprint density at radius 3 is 2.33 bits per heavy atom. The van der Waals surface area contributed by atoms with Gasteiger partial charge in [-0.25, -0.2) is 0 Å². The highest BCUT2D eigenvalue weighted by atomic mass is 16.5. The third-order valence-corrected chi connectivity index (χ3v) is 1.89. The van der Waals surface area contributed by atoms with E-state index in [-0.39, 0.29) is 6.04 Å². The van der Waals surface area contributed by atoms with E-state index in [1.54, 1.807) is 33.1 Å². The minimum atomic E-state index is 0.0972. The molecule has 0 bridgehead atoms. The van der Waals surface area contributed by atoms with Gasteiger partial charge < -0.3 is 15.6 Å². The Hall–Kier alpha value is -1.71. The summed E-state index contributed by atoms with van der Waals surface area (Å²) < 4.78 is 4.95. The molecule has 1 unspecified atom stereocenters. The van der Waals surface area contributed by atoms with Gasteiger partial charge in [0.05, 0.1) is 30.5 Å². The molecule has 0 radical (unpaired) electrons. The van der Waals surface area contributed by atoms with E-state index in [0.717, 1.165) is 5.76 Å². The van der Waals surface area contributed by atoms with Crippen LogP contribution in [0.4, 0.5) is 0 Å². The Labute approximate surface area is 111 Å². The fraction of sp³-hybridized carbons (Fsp3) is 0.500. The molecule has 4 heteroatoms. The lowest BCUT2D eigenvalue weighted by molar-refractivity contribution is 0.291. The van der Waals surface area contributed by atoms with E-state index in [0.29, 0.717) is 18.0 Å². The van der Waals surface area contributed by atoms with Crippen molar-refractivity contribution in [3.8, 4) is 0 Å². The van der Waals surface area contributed by atoms with E-state index in [4.69, 9.17) is 15.6 Å². The number of nitrogens with two attached hydrogens (primary N) is 1. The molecule has 0 spiro atoms. The van der Waals surface area contributed by atoms with E-state index >= 15 is 0 Å². The number of nitrogens with zero attached hydrogens (tertiary/aromatic N) is 1. The van der Waals surface area contributed by atoms with Crippen LogP contribution in [0, 0.1) is 0 Å². The van der Waals surface area contributed by atoms with Crippen molar-refractivity contribution in [2.75, 3.05) is 7.11 Å². The van der Waals surface area contributed by atoms with Gasteiger partial charge in [0.1, 0.15) is 0 Å². The fourth-order valence-electron chi connectivity index (χ4n) is 1.03. The van der Waals surface area contributed by atoms with Crippen LogP contribution in [0.15, 0.2) is 41.3 Å². The predicted molar refractivity (Wildman–Crippen MR) is 78.7 cm³/mol. The lowest BCUT2D eigenvalue weighted by Gasteiger charge is -2.02. The maximum absolute atomic E-state index is 8.65. The number of methoxy groups -OCH3 is 1. The molecule has 0 amide bonds. The average molecular weight is 254 g/mol. The maximum Gasteiger partial charge on any atom is 0.0917 e. The number of aliphatic hydroxyl groups is 1. The SMILES string of the molecule is C=CC/C(O)=C\C.CO/C(C)=C/C(C)N=C(C)N. The zero-order valence-electron chi connectivity index (χ0n) is 12.1.